The third-order valence-corrected chi connectivity index (χ3v) is 1.13. The van der Waals surface area contributed by atoms with Crippen LogP contribution in [0.15, 0.2) is 12.1 Å². The van der Waals surface area contributed by atoms with Crippen LogP contribution in [-0.2, 0) is 0 Å². The molecule has 0 fully saturated rings. The molecule has 4 heteroatoms. The van der Waals surface area contributed by atoms with Gasteiger partial charge in [-0.15, -0.1) is 0 Å². The molecule has 0 atom stereocenters. The molecule has 0 saturated heterocycles. The van der Waals surface area contributed by atoms with Crippen LogP contribution < -0.4 is 4.24 Å². The van der Waals surface area contributed by atoms with Gasteiger partial charge in [0.25, 0.3) is 0 Å². The van der Waals surface area contributed by atoms with Crippen molar-refractivity contribution < 1.29 is 13.2 Å². The summed E-state index contributed by atoms with van der Waals surface area (Å²) >= 11 is 1.49. The molecule has 0 aliphatic carbocycles. The van der Waals surface area contributed by atoms with Crippen LogP contribution in [0.4, 0.5) is 13.2 Å². The van der Waals surface area contributed by atoms with Crippen molar-refractivity contribution in [3.63, 3.8) is 0 Å². The zero-order valence-electron chi connectivity index (χ0n) is 5.29. The predicted octanol–water partition coefficient (Wildman–Crippen LogP) is 0.898. The van der Waals surface area contributed by atoms with Crippen molar-refractivity contribution in [2.45, 2.75) is 0 Å². The maximum absolute atomic E-state index is 12.2. The fourth-order valence-corrected chi connectivity index (χ4v) is 0.682. The van der Waals surface area contributed by atoms with Gasteiger partial charge in [-0.05, 0) is 0 Å². The number of hydrogen-bond donors (Lipinski definition) is 0. The van der Waals surface area contributed by atoms with E-state index in [9.17, 15) is 13.2 Å². The molecule has 0 amide bonds. The Morgan fingerprint density at radius 2 is 1.40 bits per heavy atom. The van der Waals surface area contributed by atoms with Crippen molar-refractivity contribution in [1.29, 1.82) is 0 Å². The zero-order valence-corrected chi connectivity index (χ0v) is 5.29. The van der Waals surface area contributed by atoms with Crippen LogP contribution >= 0.6 is 0 Å². The molecule has 0 saturated carbocycles. The van der Waals surface area contributed by atoms with E-state index < -0.39 is 17.5 Å². The van der Waals surface area contributed by atoms with E-state index in [4.69, 9.17) is 0 Å². The molecule has 1 rings (SSSR count). The Balaban J connectivity index is 3.31. The van der Waals surface area contributed by atoms with Crippen LogP contribution in [0, 0.1) is 17.5 Å². The van der Waals surface area contributed by atoms with Crippen LogP contribution in [0.25, 0.3) is 0 Å². The SMILES string of the molecule is [Li][c]1cc(F)c(F)c(F)c1. The minimum absolute atomic E-state index is 0.372. The molecule has 0 heterocycles. The van der Waals surface area contributed by atoms with Gasteiger partial charge in [-0.1, -0.05) is 0 Å². The van der Waals surface area contributed by atoms with E-state index in [1.54, 1.807) is 0 Å². The van der Waals surface area contributed by atoms with Gasteiger partial charge in [0.15, 0.2) is 0 Å². The number of benzene rings is 1. The van der Waals surface area contributed by atoms with Gasteiger partial charge in [-0.3, -0.25) is 0 Å². The zero-order chi connectivity index (χ0) is 7.72. The summed E-state index contributed by atoms with van der Waals surface area (Å²) in [5, 5.41) is 0. The third-order valence-electron chi connectivity index (χ3n) is 1.13. The molecule has 0 N–H and O–H groups in total. The van der Waals surface area contributed by atoms with E-state index in [2.05, 4.69) is 0 Å². The fourth-order valence-electron chi connectivity index (χ4n) is 0.682. The summed E-state index contributed by atoms with van der Waals surface area (Å²) in [6.07, 6.45) is 0. The molecule has 0 aromatic heterocycles. The summed E-state index contributed by atoms with van der Waals surface area (Å²) in [6, 6.07) is 1.89. The normalized spacial score (nSPS) is 10.1. The summed E-state index contributed by atoms with van der Waals surface area (Å²) in [6.45, 7) is 0. The molecule has 0 spiro atoms. The Kier molecular flexibility index (Phi) is 2.07. The second-order valence-electron chi connectivity index (χ2n) is 2.04. The van der Waals surface area contributed by atoms with Gasteiger partial charge in [0.2, 0.25) is 0 Å². The molecule has 1 aromatic carbocycles. The van der Waals surface area contributed by atoms with E-state index in [0.717, 1.165) is 12.1 Å². The molecule has 1 aromatic rings. The van der Waals surface area contributed by atoms with Crippen molar-refractivity contribution in [3.8, 4) is 0 Å². The van der Waals surface area contributed by atoms with E-state index in [0.29, 0.717) is 4.24 Å². The minimum atomic E-state index is -1.41. The van der Waals surface area contributed by atoms with Crippen molar-refractivity contribution in [2.75, 3.05) is 0 Å². The predicted molar refractivity (Wildman–Crippen MR) is 31.7 cm³/mol. The number of halogens is 3. The van der Waals surface area contributed by atoms with Crippen LogP contribution in [0.3, 0.4) is 0 Å². The third kappa shape index (κ3) is 1.36. The van der Waals surface area contributed by atoms with E-state index in [1.165, 1.54) is 17.7 Å². The second-order valence-corrected chi connectivity index (χ2v) is 2.04. The molecular weight excluding hydrogens is 136 g/mol. The summed E-state index contributed by atoms with van der Waals surface area (Å²) in [5.41, 5.74) is 0. The van der Waals surface area contributed by atoms with Gasteiger partial charge in [0, 0.05) is 0 Å². The summed E-state index contributed by atoms with van der Waals surface area (Å²) in [5.74, 6) is -3.69. The first-order valence-electron chi connectivity index (χ1n) is 2.72. The molecule has 0 radical (unpaired) electrons. The number of hydrogen-bond acceptors (Lipinski definition) is 0. The van der Waals surface area contributed by atoms with Gasteiger partial charge in [-0.2, -0.15) is 0 Å². The maximum atomic E-state index is 12.2. The fraction of sp³-hybridized carbons (Fsp3) is 0. The van der Waals surface area contributed by atoms with Gasteiger partial charge < -0.3 is 0 Å². The molecule has 48 valence electrons. The second kappa shape index (κ2) is 2.69. The van der Waals surface area contributed by atoms with Crippen molar-refractivity contribution in [2.24, 2.45) is 0 Å². The number of rotatable bonds is 0. The van der Waals surface area contributed by atoms with Gasteiger partial charge in [0.05, 0.1) is 0 Å². The van der Waals surface area contributed by atoms with Crippen LogP contribution in [-0.4, -0.2) is 17.7 Å². The van der Waals surface area contributed by atoms with E-state index >= 15 is 0 Å². The van der Waals surface area contributed by atoms with Crippen molar-refractivity contribution in [3.05, 3.63) is 29.6 Å². The first-order chi connectivity index (χ1) is 4.61. The van der Waals surface area contributed by atoms with E-state index in [-0.39, 0.29) is 0 Å². The molecule has 0 nitrogen and oxygen atoms in total. The van der Waals surface area contributed by atoms with Gasteiger partial charge in [0.1, 0.15) is 0 Å². The molecule has 0 aliphatic heterocycles. The Bertz CT molecular complexity index is 236. The molecule has 0 unspecified atom stereocenters. The quantitative estimate of drug-likeness (QED) is 0.369. The van der Waals surface area contributed by atoms with Gasteiger partial charge in [-0.25, -0.2) is 0 Å². The topological polar surface area (TPSA) is 0 Å². The summed E-state index contributed by atoms with van der Waals surface area (Å²) < 4.78 is 37.0. The first-order valence-corrected chi connectivity index (χ1v) is 2.72. The average Bonchev–Trinajstić information content (AvgIpc) is 1.82. The Labute approximate surface area is 65.3 Å². The Morgan fingerprint density at radius 3 is 1.80 bits per heavy atom. The standard InChI is InChI=1S/C6H2F3.Li/c7-4-2-1-3-5(8)6(4)9;/h2-3H;. The van der Waals surface area contributed by atoms with Gasteiger partial charge >= 0.3 is 64.7 Å². The Hall–Kier alpha value is -0.393. The van der Waals surface area contributed by atoms with Crippen LogP contribution in [0.2, 0.25) is 0 Å². The average molecular weight is 138 g/mol. The Morgan fingerprint density at radius 1 is 1.00 bits per heavy atom. The van der Waals surface area contributed by atoms with Crippen LogP contribution in [0.5, 0.6) is 0 Å². The van der Waals surface area contributed by atoms with Crippen LogP contribution in [0.1, 0.15) is 0 Å². The molecule has 10 heavy (non-hydrogen) atoms. The van der Waals surface area contributed by atoms with Crippen molar-refractivity contribution >= 4 is 22.0 Å². The summed E-state index contributed by atoms with van der Waals surface area (Å²) in [4.78, 5) is 0. The first kappa shape index (κ1) is 7.71. The molecular formula is C6H2F3Li. The molecule has 0 aliphatic rings. The van der Waals surface area contributed by atoms with E-state index in [1.807, 2.05) is 0 Å². The monoisotopic (exact) mass is 138 g/mol. The summed E-state index contributed by atoms with van der Waals surface area (Å²) in [7, 11) is 0. The molecule has 0 bridgehead atoms. The van der Waals surface area contributed by atoms with Crippen molar-refractivity contribution in [1.82, 2.24) is 0 Å².